The van der Waals surface area contributed by atoms with Gasteiger partial charge in [-0.25, -0.2) is 0 Å². The number of hydrogen-bond acceptors (Lipinski definition) is 1. The van der Waals surface area contributed by atoms with E-state index in [4.69, 9.17) is 4.99 Å². The Morgan fingerprint density at radius 2 is 1.18 bits per heavy atom. The summed E-state index contributed by atoms with van der Waals surface area (Å²) >= 11 is 0. The molecule has 22 heavy (non-hydrogen) atoms. The molecule has 0 spiro atoms. The molecule has 0 radical (unpaired) electrons. The summed E-state index contributed by atoms with van der Waals surface area (Å²) in [6.45, 7) is 2.88. The molecule has 0 N–H and O–H groups in total. The van der Waals surface area contributed by atoms with Crippen LogP contribution in [0, 0.1) is 0 Å². The smallest absolute Gasteiger partial charge is 0.197 e. The molecule has 3 rings (SSSR count). The normalized spacial score (nSPS) is 21.3. The van der Waals surface area contributed by atoms with E-state index < -0.39 is 0 Å². The van der Waals surface area contributed by atoms with Crippen LogP contribution in [0.15, 0.2) is 65.7 Å². The SMILES string of the molecule is CCN=C1N(C)[C@@H](c2ccccc2)[C@H](c2ccccc2)N1C. The molecule has 0 bridgehead atoms. The van der Waals surface area contributed by atoms with Crippen LogP contribution in [0.25, 0.3) is 0 Å². The fraction of sp³-hybridized carbons (Fsp3) is 0.316. The zero-order valence-electron chi connectivity index (χ0n) is 13.5. The predicted octanol–water partition coefficient (Wildman–Crippen LogP) is 3.72. The van der Waals surface area contributed by atoms with E-state index in [0.717, 1.165) is 12.5 Å². The van der Waals surface area contributed by atoms with Gasteiger partial charge in [-0.1, -0.05) is 60.7 Å². The van der Waals surface area contributed by atoms with E-state index in [9.17, 15) is 0 Å². The third kappa shape index (κ3) is 2.47. The Morgan fingerprint density at radius 3 is 1.55 bits per heavy atom. The Labute approximate surface area is 132 Å². The van der Waals surface area contributed by atoms with Crippen LogP contribution < -0.4 is 0 Å². The van der Waals surface area contributed by atoms with Crippen molar-refractivity contribution >= 4 is 5.96 Å². The van der Waals surface area contributed by atoms with E-state index in [1.54, 1.807) is 0 Å². The predicted molar refractivity (Wildman–Crippen MR) is 91.9 cm³/mol. The zero-order valence-corrected chi connectivity index (χ0v) is 13.5. The Balaban J connectivity index is 2.09. The van der Waals surface area contributed by atoms with Crippen molar-refractivity contribution < 1.29 is 0 Å². The van der Waals surface area contributed by atoms with Gasteiger partial charge in [-0.05, 0) is 18.1 Å². The molecule has 3 nitrogen and oxygen atoms in total. The molecule has 1 fully saturated rings. The molecular weight excluding hydrogens is 270 g/mol. The molecule has 2 aromatic rings. The minimum Gasteiger partial charge on any atom is -0.336 e. The van der Waals surface area contributed by atoms with Gasteiger partial charge in [-0.15, -0.1) is 0 Å². The number of nitrogens with zero attached hydrogens (tertiary/aromatic N) is 3. The molecule has 2 atom stereocenters. The molecule has 1 heterocycles. The van der Waals surface area contributed by atoms with Gasteiger partial charge in [0.15, 0.2) is 5.96 Å². The molecule has 1 saturated heterocycles. The van der Waals surface area contributed by atoms with Gasteiger partial charge in [0, 0.05) is 20.6 Å². The van der Waals surface area contributed by atoms with Crippen LogP contribution in [-0.4, -0.2) is 36.4 Å². The molecule has 0 aromatic heterocycles. The number of aliphatic imine (C=N–C) groups is 1. The second-order valence-electron chi connectivity index (χ2n) is 5.71. The molecule has 114 valence electrons. The summed E-state index contributed by atoms with van der Waals surface area (Å²) in [6.07, 6.45) is 0. The maximum absolute atomic E-state index is 4.71. The van der Waals surface area contributed by atoms with Crippen molar-refractivity contribution in [3.8, 4) is 0 Å². The standard InChI is InChI=1S/C19H23N3/c1-4-20-19-21(2)17(15-11-7-5-8-12-15)18(22(19)3)16-13-9-6-10-14-16/h5-14,17-18H,4H2,1-3H3/t17-,18-/m0/s1. The largest absolute Gasteiger partial charge is 0.336 e. The average molecular weight is 293 g/mol. The Morgan fingerprint density at radius 1 is 0.773 bits per heavy atom. The van der Waals surface area contributed by atoms with E-state index in [2.05, 4.69) is 91.5 Å². The molecule has 0 saturated carbocycles. The van der Waals surface area contributed by atoms with Crippen LogP contribution >= 0.6 is 0 Å². The zero-order chi connectivity index (χ0) is 15.5. The molecule has 1 aliphatic heterocycles. The summed E-state index contributed by atoms with van der Waals surface area (Å²) in [7, 11) is 4.29. The summed E-state index contributed by atoms with van der Waals surface area (Å²) in [5, 5.41) is 0. The summed E-state index contributed by atoms with van der Waals surface area (Å²) in [5.74, 6) is 1.06. The van der Waals surface area contributed by atoms with Crippen molar-refractivity contribution in [3.05, 3.63) is 71.8 Å². The van der Waals surface area contributed by atoms with Crippen LogP contribution in [-0.2, 0) is 0 Å². The first-order chi connectivity index (χ1) is 10.7. The summed E-state index contributed by atoms with van der Waals surface area (Å²) in [6, 6.07) is 22.0. The average Bonchev–Trinajstić information content (AvgIpc) is 2.81. The van der Waals surface area contributed by atoms with Crippen molar-refractivity contribution in [3.63, 3.8) is 0 Å². The number of benzene rings is 2. The van der Waals surface area contributed by atoms with Gasteiger partial charge >= 0.3 is 0 Å². The summed E-state index contributed by atoms with van der Waals surface area (Å²) in [4.78, 5) is 9.31. The molecule has 1 aliphatic rings. The maximum atomic E-state index is 4.71. The number of rotatable bonds is 3. The third-order valence-electron chi connectivity index (χ3n) is 4.35. The van der Waals surface area contributed by atoms with Gasteiger partial charge in [0.1, 0.15) is 0 Å². The maximum Gasteiger partial charge on any atom is 0.197 e. The minimum absolute atomic E-state index is 0.277. The summed E-state index contributed by atoms with van der Waals surface area (Å²) in [5.41, 5.74) is 2.65. The first-order valence-electron chi connectivity index (χ1n) is 7.84. The van der Waals surface area contributed by atoms with Gasteiger partial charge in [0.05, 0.1) is 12.1 Å². The highest BCUT2D eigenvalue weighted by atomic mass is 15.4. The van der Waals surface area contributed by atoms with Crippen LogP contribution in [0.3, 0.4) is 0 Å². The van der Waals surface area contributed by atoms with Crippen molar-refractivity contribution in [2.24, 2.45) is 4.99 Å². The van der Waals surface area contributed by atoms with Crippen molar-refractivity contribution in [2.45, 2.75) is 19.0 Å². The second kappa shape index (κ2) is 6.22. The van der Waals surface area contributed by atoms with Crippen LogP contribution in [0.4, 0.5) is 0 Å². The lowest BCUT2D eigenvalue weighted by Crippen LogP contribution is -2.29. The second-order valence-corrected chi connectivity index (χ2v) is 5.71. The van der Waals surface area contributed by atoms with Crippen molar-refractivity contribution in [1.29, 1.82) is 0 Å². The van der Waals surface area contributed by atoms with E-state index >= 15 is 0 Å². The van der Waals surface area contributed by atoms with E-state index in [1.807, 2.05) is 0 Å². The molecule has 2 aromatic carbocycles. The Bertz CT molecular complexity index is 583. The van der Waals surface area contributed by atoms with Crippen molar-refractivity contribution in [1.82, 2.24) is 9.80 Å². The highest BCUT2D eigenvalue weighted by Gasteiger charge is 2.41. The fourth-order valence-electron chi connectivity index (χ4n) is 3.40. The lowest BCUT2D eigenvalue weighted by atomic mass is 9.93. The van der Waals surface area contributed by atoms with Crippen molar-refractivity contribution in [2.75, 3.05) is 20.6 Å². The summed E-state index contributed by atoms with van der Waals surface area (Å²) < 4.78 is 0. The van der Waals surface area contributed by atoms with Gasteiger partial charge in [-0.3, -0.25) is 4.99 Å². The van der Waals surface area contributed by atoms with E-state index in [-0.39, 0.29) is 12.1 Å². The Kier molecular flexibility index (Phi) is 4.14. The molecule has 0 aliphatic carbocycles. The van der Waals surface area contributed by atoms with Gasteiger partial charge in [0.25, 0.3) is 0 Å². The lowest BCUT2D eigenvalue weighted by molar-refractivity contribution is 0.316. The number of guanidine groups is 1. The lowest BCUT2D eigenvalue weighted by Gasteiger charge is -2.26. The monoisotopic (exact) mass is 293 g/mol. The first kappa shape index (κ1) is 14.6. The minimum atomic E-state index is 0.277. The van der Waals surface area contributed by atoms with Crippen LogP contribution in [0.2, 0.25) is 0 Å². The first-order valence-corrected chi connectivity index (χ1v) is 7.84. The molecular formula is C19H23N3. The van der Waals surface area contributed by atoms with E-state index in [0.29, 0.717) is 0 Å². The van der Waals surface area contributed by atoms with Gasteiger partial charge < -0.3 is 9.80 Å². The Hall–Kier alpha value is -2.29. The quantitative estimate of drug-likeness (QED) is 0.859. The van der Waals surface area contributed by atoms with Crippen LogP contribution in [0.5, 0.6) is 0 Å². The fourth-order valence-corrected chi connectivity index (χ4v) is 3.40. The molecule has 3 heteroatoms. The molecule has 0 unspecified atom stereocenters. The van der Waals surface area contributed by atoms with Gasteiger partial charge in [0.2, 0.25) is 0 Å². The highest BCUT2D eigenvalue weighted by molar-refractivity contribution is 5.83. The topological polar surface area (TPSA) is 18.8 Å². The molecule has 0 amide bonds. The highest BCUT2D eigenvalue weighted by Crippen LogP contribution is 2.43. The van der Waals surface area contributed by atoms with E-state index in [1.165, 1.54) is 11.1 Å². The van der Waals surface area contributed by atoms with Gasteiger partial charge in [-0.2, -0.15) is 0 Å². The van der Waals surface area contributed by atoms with Crippen LogP contribution in [0.1, 0.15) is 30.1 Å². The number of hydrogen-bond donors (Lipinski definition) is 0. The third-order valence-corrected chi connectivity index (χ3v) is 4.35. The number of likely N-dealkylation sites (N-methyl/N-ethyl adjacent to an activating group) is 2.